The van der Waals surface area contributed by atoms with Crippen molar-refractivity contribution in [2.45, 2.75) is 6.42 Å². The van der Waals surface area contributed by atoms with Gasteiger partial charge in [0.25, 0.3) is 0 Å². The van der Waals surface area contributed by atoms with Crippen LogP contribution in [0.25, 0.3) is 0 Å². The zero-order valence-corrected chi connectivity index (χ0v) is 9.79. The van der Waals surface area contributed by atoms with Gasteiger partial charge in [-0.3, -0.25) is 0 Å². The Hall–Kier alpha value is -1.61. The van der Waals surface area contributed by atoms with Gasteiger partial charge in [0.2, 0.25) is 0 Å². The van der Waals surface area contributed by atoms with Gasteiger partial charge in [0.1, 0.15) is 15.9 Å². The van der Waals surface area contributed by atoms with E-state index in [1.165, 1.54) is 6.26 Å². The van der Waals surface area contributed by atoms with Crippen molar-refractivity contribution in [2.75, 3.05) is 23.9 Å². The van der Waals surface area contributed by atoms with Crippen LogP contribution in [0.15, 0.2) is 18.3 Å². The fourth-order valence-corrected chi connectivity index (χ4v) is 1.86. The second-order valence-corrected chi connectivity index (χ2v) is 5.68. The molecule has 5 nitrogen and oxygen atoms in total. The smallest absolute Gasteiger partial charge is 0.163 e. The van der Waals surface area contributed by atoms with E-state index in [-0.39, 0.29) is 5.75 Å². The lowest BCUT2D eigenvalue weighted by Crippen LogP contribution is -2.10. The number of pyridine rings is 1. The molecule has 6 heteroatoms. The van der Waals surface area contributed by atoms with E-state index in [1.807, 2.05) is 6.07 Å². The highest BCUT2D eigenvalue weighted by molar-refractivity contribution is 7.90. The second kappa shape index (κ2) is 5.47. The molecule has 0 aliphatic rings. The molecule has 1 N–H and O–H groups in total. The molecule has 16 heavy (non-hydrogen) atoms. The van der Waals surface area contributed by atoms with Crippen LogP contribution >= 0.6 is 0 Å². The lowest BCUT2D eigenvalue weighted by atomic mass is 10.3. The number of rotatable bonds is 5. The Morgan fingerprint density at radius 2 is 2.31 bits per heavy atom. The van der Waals surface area contributed by atoms with Crippen molar-refractivity contribution in [1.29, 1.82) is 5.26 Å². The topological polar surface area (TPSA) is 82.8 Å². The minimum absolute atomic E-state index is 0.141. The van der Waals surface area contributed by atoms with Gasteiger partial charge < -0.3 is 5.32 Å². The predicted molar refractivity (Wildman–Crippen MR) is 61.8 cm³/mol. The SMILES string of the molecule is CS(=O)(=O)CCCNc1cccnc1C#N. The molecule has 0 aliphatic carbocycles. The third-order valence-electron chi connectivity index (χ3n) is 1.92. The molecular weight excluding hydrogens is 226 g/mol. The molecule has 0 amide bonds. The van der Waals surface area contributed by atoms with Crippen LogP contribution in [0.1, 0.15) is 12.1 Å². The van der Waals surface area contributed by atoms with E-state index in [9.17, 15) is 8.42 Å². The highest BCUT2D eigenvalue weighted by Gasteiger charge is 2.03. The number of sulfone groups is 1. The molecule has 0 saturated heterocycles. The Bertz CT molecular complexity index is 491. The molecule has 0 bridgehead atoms. The second-order valence-electron chi connectivity index (χ2n) is 3.42. The average Bonchev–Trinajstić information content (AvgIpc) is 2.23. The van der Waals surface area contributed by atoms with E-state index < -0.39 is 9.84 Å². The lowest BCUT2D eigenvalue weighted by molar-refractivity contribution is 0.600. The van der Waals surface area contributed by atoms with Crippen LogP contribution in [0.2, 0.25) is 0 Å². The van der Waals surface area contributed by atoms with Gasteiger partial charge in [0.05, 0.1) is 11.4 Å². The Balaban J connectivity index is 2.47. The summed E-state index contributed by atoms with van der Waals surface area (Å²) in [5.74, 6) is 0.141. The van der Waals surface area contributed by atoms with Crippen LogP contribution in [-0.2, 0) is 9.84 Å². The minimum atomic E-state index is -2.91. The minimum Gasteiger partial charge on any atom is -0.383 e. The molecule has 0 saturated carbocycles. The van der Waals surface area contributed by atoms with E-state index in [2.05, 4.69) is 10.3 Å². The number of hydrogen-bond acceptors (Lipinski definition) is 5. The number of nitrogens with zero attached hydrogens (tertiary/aromatic N) is 2. The Labute approximate surface area is 95.0 Å². The zero-order valence-electron chi connectivity index (χ0n) is 8.97. The highest BCUT2D eigenvalue weighted by Crippen LogP contribution is 2.10. The first-order valence-corrected chi connectivity index (χ1v) is 6.86. The molecule has 1 aromatic rings. The van der Waals surface area contributed by atoms with Crippen LogP contribution < -0.4 is 5.32 Å². The normalized spacial score (nSPS) is 10.8. The van der Waals surface area contributed by atoms with Crippen molar-refractivity contribution in [3.8, 4) is 6.07 Å². The molecule has 0 aliphatic heterocycles. The quantitative estimate of drug-likeness (QED) is 0.768. The predicted octanol–water partition coefficient (Wildman–Crippen LogP) is 0.800. The molecule has 0 fully saturated rings. The van der Waals surface area contributed by atoms with Crippen molar-refractivity contribution >= 4 is 15.5 Å². The average molecular weight is 239 g/mol. The maximum absolute atomic E-state index is 10.9. The number of nitriles is 1. The van der Waals surface area contributed by atoms with E-state index in [4.69, 9.17) is 5.26 Å². The van der Waals surface area contributed by atoms with Crippen molar-refractivity contribution in [3.05, 3.63) is 24.0 Å². The first-order chi connectivity index (χ1) is 7.53. The van der Waals surface area contributed by atoms with Crippen molar-refractivity contribution < 1.29 is 8.42 Å². The van der Waals surface area contributed by atoms with Crippen molar-refractivity contribution in [2.24, 2.45) is 0 Å². The maximum atomic E-state index is 10.9. The number of nitrogens with one attached hydrogen (secondary N) is 1. The van der Waals surface area contributed by atoms with Gasteiger partial charge in [-0.25, -0.2) is 13.4 Å². The standard InChI is InChI=1S/C10H13N3O2S/c1-16(14,15)7-3-6-12-9-4-2-5-13-10(9)8-11/h2,4-5,12H,3,6-7H2,1H3. The van der Waals surface area contributed by atoms with Crippen molar-refractivity contribution in [1.82, 2.24) is 4.98 Å². The fraction of sp³-hybridized carbons (Fsp3) is 0.400. The van der Waals surface area contributed by atoms with E-state index in [0.29, 0.717) is 24.3 Å². The summed E-state index contributed by atoms with van der Waals surface area (Å²) < 4.78 is 21.7. The summed E-state index contributed by atoms with van der Waals surface area (Å²) in [5, 5.41) is 11.7. The van der Waals surface area contributed by atoms with Crippen LogP contribution in [0.5, 0.6) is 0 Å². The molecule has 0 spiro atoms. The molecule has 1 aromatic heterocycles. The largest absolute Gasteiger partial charge is 0.383 e. The van der Waals surface area contributed by atoms with Crippen molar-refractivity contribution in [3.63, 3.8) is 0 Å². The Morgan fingerprint density at radius 3 is 2.94 bits per heavy atom. The first-order valence-electron chi connectivity index (χ1n) is 4.79. The summed E-state index contributed by atoms with van der Waals surface area (Å²) in [4.78, 5) is 3.88. The first kappa shape index (κ1) is 12.5. The third-order valence-corrected chi connectivity index (χ3v) is 2.95. The van der Waals surface area contributed by atoms with Crippen LogP contribution in [0.3, 0.4) is 0 Å². The molecule has 0 atom stereocenters. The summed E-state index contributed by atoms with van der Waals surface area (Å²) in [6.07, 6.45) is 3.26. The van der Waals surface area contributed by atoms with Gasteiger partial charge in [-0.05, 0) is 18.6 Å². The van der Waals surface area contributed by atoms with E-state index in [1.54, 1.807) is 18.3 Å². The van der Waals surface area contributed by atoms with Gasteiger partial charge in [-0.15, -0.1) is 0 Å². The highest BCUT2D eigenvalue weighted by atomic mass is 32.2. The summed E-state index contributed by atoms with van der Waals surface area (Å²) in [6, 6.07) is 5.42. The van der Waals surface area contributed by atoms with Gasteiger partial charge in [0.15, 0.2) is 5.69 Å². The summed E-state index contributed by atoms with van der Waals surface area (Å²) in [6.45, 7) is 0.507. The monoisotopic (exact) mass is 239 g/mol. The number of aromatic nitrogens is 1. The molecule has 0 radical (unpaired) electrons. The molecule has 86 valence electrons. The molecule has 0 aromatic carbocycles. The van der Waals surface area contributed by atoms with Gasteiger partial charge in [0, 0.05) is 19.0 Å². The van der Waals surface area contributed by atoms with Gasteiger partial charge >= 0.3 is 0 Å². The Kier molecular flexibility index (Phi) is 4.26. The van der Waals surface area contributed by atoms with Crippen LogP contribution in [0.4, 0.5) is 5.69 Å². The fourth-order valence-electron chi connectivity index (χ4n) is 1.19. The summed E-state index contributed by atoms with van der Waals surface area (Å²) >= 11 is 0. The summed E-state index contributed by atoms with van der Waals surface area (Å²) in [7, 11) is -2.91. The van der Waals surface area contributed by atoms with Gasteiger partial charge in [-0.1, -0.05) is 0 Å². The maximum Gasteiger partial charge on any atom is 0.163 e. The van der Waals surface area contributed by atoms with Crippen LogP contribution in [-0.4, -0.2) is 32.0 Å². The van der Waals surface area contributed by atoms with Crippen LogP contribution in [0, 0.1) is 11.3 Å². The molecule has 1 rings (SSSR count). The van der Waals surface area contributed by atoms with E-state index >= 15 is 0 Å². The van der Waals surface area contributed by atoms with Gasteiger partial charge in [-0.2, -0.15) is 5.26 Å². The zero-order chi connectivity index (χ0) is 12.0. The molecule has 0 unspecified atom stereocenters. The third kappa shape index (κ3) is 4.28. The molecular formula is C10H13N3O2S. The molecule has 1 heterocycles. The summed E-state index contributed by atoms with van der Waals surface area (Å²) in [5.41, 5.74) is 0.959. The van der Waals surface area contributed by atoms with E-state index in [0.717, 1.165) is 0 Å². The number of hydrogen-bond donors (Lipinski definition) is 1. The number of anilines is 1. The lowest BCUT2D eigenvalue weighted by Gasteiger charge is -2.06. The Morgan fingerprint density at radius 1 is 1.56 bits per heavy atom.